The summed E-state index contributed by atoms with van der Waals surface area (Å²) in [6, 6.07) is 5.65. The molecule has 96 valence electrons. The molecule has 0 heterocycles. The molecule has 0 aromatic heterocycles. The third-order valence-electron chi connectivity index (χ3n) is 4.82. The van der Waals surface area contributed by atoms with E-state index in [0.717, 1.165) is 36.0 Å². The topological polar surface area (TPSA) is 40.5 Å². The molecule has 2 nitrogen and oxygen atoms in total. The highest BCUT2D eigenvalue weighted by Gasteiger charge is 2.49. The van der Waals surface area contributed by atoms with Crippen LogP contribution >= 0.6 is 0 Å². The van der Waals surface area contributed by atoms with Crippen LogP contribution < -0.4 is 0 Å². The average molecular weight is 252 g/mol. The van der Waals surface area contributed by atoms with Crippen molar-refractivity contribution in [1.82, 2.24) is 0 Å². The zero-order valence-corrected chi connectivity index (χ0v) is 10.6. The molecule has 2 unspecified atom stereocenters. The monoisotopic (exact) mass is 252 g/mol. The van der Waals surface area contributed by atoms with Gasteiger partial charge in [-0.05, 0) is 48.5 Å². The van der Waals surface area contributed by atoms with Gasteiger partial charge in [0.1, 0.15) is 11.5 Å². The Morgan fingerprint density at radius 1 is 1.16 bits per heavy atom. The van der Waals surface area contributed by atoms with Gasteiger partial charge in [0, 0.05) is 11.0 Å². The number of phenolic OH excluding ortho intramolecular Hbond substituents is 1. The molecule has 1 aromatic carbocycles. The number of aromatic hydroxyl groups is 1. The zero-order chi connectivity index (χ0) is 13.0. The Kier molecular flexibility index (Phi) is 2.03. The van der Waals surface area contributed by atoms with E-state index in [1.54, 1.807) is 6.07 Å². The Hall–Kier alpha value is -1.96. The molecule has 0 amide bonds. The van der Waals surface area contributed by atoms with E-state index in [0.29, 0.717) is 17.4 Å². The minimum absolute atomic E-state index is 0.278. The zero-order valence-electron chi connectivity index (χ0n) is 10.6. The number of phenols is 1. The predicted molar refractivity (Wildman–Crippen MR) is 75.0 cm³/mol. The second kappa shape index (κ2) is 3.53. The van der Waals surface area contributed by atoms with Gasteiger partial charge in [-0.2, -0.15) is 0 Å². The molecule has 2 heteroatoms. The second-order valence-corrected chi connectivity index (χ2v) is 5.72. The number of rotatable bonds is 0. The van der Waals surface area contributed by atoms with Crippen molar-refractivity contribution in [3.63, 3.8) is 0 Å². The lowest BCUT2D eigenvalue weighted by molar-refractivity contribution is 0.398. The summed E-state index contributed by atoms with van der Waals surface area (Å²) in [4.78, 5) is 0. The molecule has 3 aliphatic rings. The van der Waals surface area contributed by atoms with Gasteiger partial charge in [0.25, 0.3) is 0 Å². The quantitative estimate of drug-likeness (QED) is 0.736. The van der Waals surface area contributed by atoms with Crippen molar-refractivity contribution in [2.45, 2.75) is 24.7 Å². The van der Waals surface area contributed by atoms with Gasteiger partial charge in [-0.25, -0.2) is 0 Å². The highest BCUT2D eigenvalue weighted by molar-refractivity contribution is 5.73. The van der Waals surface area contributed by atoms with E-state index in [2.05, 4.69) is 12.2 Å². The first-order chi connectivity index (χ1) is 9.22. The summed E-state index contributed by atoms with van der Waals surface area (Å²) in [6.07, 6.45) is 11.1. The van der Waals surface area contributed by atoms with Gasteiger partial charge >= 0.3 is 0 Å². The third kappa shape index (κ3) is 1.26. The Balaban J connectivity index is 2.00. The van der Waals surface area contributed by atoms with E-state index >= 15 is 0 Å². The van der Waals surface area contributed by atoms with Crippen molar-refractivity contribution in [3.8, 4) is 5.75 Å². The minimum Gasteiger partial charge on any atom is -0.508 e. The van der Waals surface area contributed by atoms with E-state index < -0.39 is 0 Å². The summed E-state index contributed by atoms with van der Waals surface area (Å²) >= 11 is 0. The fourth-order valence-electron chi connectivity index (χ4n) is 4.08. The smallest absolute Gasteiger partial charge is 0.120 e. The average Bonchev–Trinajstić information content (AvgIpc) is 2.96. The van der Waals surface area contributed by atoms with Crippen molar-refractivity contribution in [2.75, 3.05) is 0 Å². The maximum absolute atomic E-state index is 10.3. The number of allylic oxidation sites excluding steroid dienone is 4. The lowest BCUT2D eigenvalue weighted by atomic mass is 9.74. The predicted octanol–water partition coefficient (Wildman–Crippen LogP) is 3.84. The lowest BCUT2D eigenvalue weighted by Crippen LogP contribution is -2.24. The van der Waals surface area contributed by atoms with Gasteiger partial charge in [0.05, 0.1) is 0 Å². The van der Waals surface area contributed by atoms with Gasteiger partial charge in [0.15, 0.2) is 0 Å². The molecule has 1 spiro atoms. The lowest BCUT2D eigenvalue weighted by Gasteiger charge is -2.30. The highest BCUT2D eigenvalue weighted by Crippen LogP contribution is 2.58. The van der Waals surface area contributed by atoms with Crippen LogP contribution in [-0.2, 0) is 5.41 Å². The standard InChI is InChI=1S/C17H16O2/c18-13-5-1-3-11-7-9-17(15(11)13)10-8-12-4-2-6-14(19)16(12)17/h1-3,5-7,9,12,18-19H,4,8,10H2. The molecule has 0 aliphatic heterocycles. The summed E-state index contributed by atoms with van der Waals surface area (Å²) < 4.78 is 0. The molecule has 19 heavy (non-hydrogen) atoms. The van der Waals surface area contributed by atoms with Crippen LogP contribution in [0.3, 0.4) is 0 Å². The number of hydrogen-bond donors (Lipinski definition) is 2. The minimum atomic E-state index is -0.278. The van der Waals surface area contributed by atoms with Crippen LogP contribution in [0.5, 0.6) is 5.75 Å². The molecule has 2 atom stereocenters. The summed E-state index contributed by atoms with van der Waals surface area (Å²) in [5.41, 5.74) is 2.89. The number of fused-ring (bicyclic) bond motifs is 4. The highest BCUT2D eigenvalue weighted by atomic mass is 16.3. The van der Waals surface area contributed by atoms with Crippen LogP contribution in [0.15, 0.2) is 47.8 Å². The fourth-order valence-corrected chi connectivity index (χ4v) is 4.08. The number of aliphatic hydroxyl groups excluding tert-OH is 1. The van der Waals surface area contributed by atoms with Crippen molar-refractivity contribution < 1.29 is 10.2 Å². The molecule has 3 aliphatic carbocycles. The molecule has 0 bridgehead atoms. The Bertz CT molecular complexity index is 651. The molecule has 4 rings (SSSR count). The summed E-state index contributed by atoms with van der Waals surface area (Å²) in [5.74, 6) is 1.16. The second-order valence-electron chi connectivity index (χ2n) is 5.72. The van der Waals surface area contributed by atoms with Gasteiger partial charge in [0.2, 0.25) is 0 Å². The van der Waals surface area contributed by atoms with Crippen LogP contribution in [-0.4, -0.2) is 10.2 Å². The molecular formula is C17H16O2. The third-order valence-corrected chi connectivity index (χ3v) is 4.82. The largest absolute Gasteiger partial charge is 0.508 e. The Labute approximate surface area is 112 Å². The first-order valence-corrected chi connectivity index (χ1v) is 6.84. The first-order valence-electron chi connectivity index (χ1n) is 6.84. The van der Waals surface area contributed by atoms with Crippen molar-refractivity contribution >= 4 is 6.08 Å². The van der Waals surface area contributed by atoms with Crippen LogP contribution in [0, 0.1) is 5.92 Å². The number of benzene rings is 1. The summed E-state index contributed by atoms with van der Waals surface area (Å²) in [5, 5.41) is 20.6. The van der Waals surface area contributed by atoms with Gasteiger partial charge in [-0.1, -0.05) is 30.4 Å². The van der Waals surface area contributed by atoms with Crippen molar-refractivity contribution in [2.24, 2.45) is 5.92 Å². The van der Waals surface area contributed by atoms with Gasteiger partial charge < -0.3 is 10.2 Å². The maximum Gasteiger partial charge on any atom is 0.120 e. The number of aliphatic hydroxyl groups is 1. The Morgan fingerprint density at radius 2 is 2.05 bits per heavy atom. The molecule has 1 aromatic rings. The van der Waals surface area contributed by atoms with Crippen LogP contribution in [0.2, 0.25) is 0 Å². The van der Waals surface area contributed by atoms with Gasteiger partial charge in [-0.15, -0.1) is 0 Å². The van der Waals surface area contributed by atoms with Crippen LogP contribution in [0.1, 0.15) is 30.4 Å². The summed E-state index contributed by atoms with van der Waals surface area (Å²) in [7, 11) is 0. The van der Waals surface area contributed by atoms with Crippen molar-refractivity contribution in [3.05, 3.63) is 58.9 Å². The SMILES string of the molecule is OC1=C2C(CC=C1)CCC21C=Cc2cccc(O)c21. The maximum atomic E-state index is 10.3. The van der Waals surface area contributed by atoms with Crippen LogP contribution in [0.25, 0.3) is 6.08 Å². The fraction of sp³-hybridized carbons (Fsp3) is 0.294. The normalized spacial score (nSPS) is 31.1. The molecule has 1 saturated carbocycles. The van der Waals surface area contributed by atoms with E-state index in [1.165, 1.54) is 0 Å². The molecule has 0 radical (unpaired) electrons. The van der Waals surface area contributed by atoms with E-state index in [4.69, 9.17) is 0 Å². The van der Waals surface area contributed by atoms with E-state index in [-0.39, 0.29) is 5.41 Å². The molecular weight excluding hydrogens is 236 g/mol. The first kappa shape index (κ1) is 10.9. The van der Waals surface area contributed by atoms with E-state index in [9.17, 15) is 10.2 Å². The molecule has 0 saturated heterocycles. The Morgan fingerprint density at radius 3 is 2.95 bits per heavy atom. The molecule has 1 fully saturated rings. The van der Waals surface area contributed by atoms with Gasteiger partial charge in [-0.3, -0.25) is 0 Å². The molecule has 2 N–H and O–H groups in total. The summed E-state index contributed by atoms with van der Waals surface area (Å²) in [6.45, 7) is 0. The van der Waals surface area contributed by atoms with Crippen molar-refractivity contribution in [1.29, 1.82) is 0 Å². The van der Waals surface area contributed by atoms with Crippen LogP contribution in [0.4, 0.5) is 0 Å². The number of hydrogen-bond acceptors (Lipinski definition) is 2. The van der Waals surface area contributed by atoms with E-state index in [1.807, 2.05) is 24.3 Å².